The lowest BCUT2D eigenvalue weighted by Gasteiger charge is -2.14. The maximum atomic E-state index is 5.78. The first kappa shape index (κ1) is 8.69. The minimum atomic E-state index is 0.590. The summed E-state index contributed by atoms with van der Waals surface area (Å²) in [5.41, 5.74) is 1.35. The molecule has 0 unspecified atom stereocenters. The van der Waals surface area contributed by atoms with E-state index in [9.17, 15) is 0 Å². The minimum absolute atomic E-state index is 0.590. The first-order chi connectivity index (χ1) is 6.84. The Morgan fingerprint density at radius 1 is 1.36 bits per heavy atom. The molecule has 14 heavy (non-hydrogen) atoms. The van der Waals surface area contributed by atoms with Crippen molar-refractivity contribution in [3.8, 4) is 0 Å². The van der Waals surface area contributed by atoms with Crippen molar-refractivity contribution in [1.29, 1.82) is 0 Å². The Morgan fingerprint density at radius 2 is 2.29 bits per heavy atom. The summed E-state index contributed by atoms with van der Waals surface area (Å²) in [5.74, 6) is 1.50. The average Bonchev–Trinajstić information content (AvgIpc) is 2.78. The highest BCUT2D eigenvalue weighted by molar-refractivity contribution is 6.29. The van der Waals surface area contributed by atoms with E-state index in [0.717, 1.165) is 5.92 Å². The molecule has 1 N–H and O–H groups in total. The number of fused-ring (bicyclic) bond motifs is 2. The van der Waals surface area contributed by atoms with Gasteiger partial charge < -0.3 is 5.32 Å². The lowest BCUT2D eigenvalue weighted by Crippen LogP contribution is -2.25. The van der Waals surface area contributed by atoms with E-state index in [-0.39, 0.29) is 0 Å². The third-order valence-electron chi connectivity index (χ3n) is 3.57. The first-order valence-corrected chi connectivity index (χ1v) is 5.57. The van der Waals surface area contributed by atoms with E-state index in [0.29, 0.717) is 17.1 Å². The first-order valence-electron chi connectivity index (χ1n) is 5.19. The number of rotatable bonds is 1. The number of hydrogen-bond acceptors (Lipinski definition) is 2. The van der Waals surface area contributed by atoms with E-state index >= 15 is 0 Å². The predicted octanol–water partition coefficient (Wildman–Crippen LogP) is 2.20. The zero-order chi connectivity index (χ0) is 9.54. The summed E-state index contributed by atoms with van der Waals surface area (Å²) in [5, 5.41) is 4.15. The molecule has 1 saturated carbocycles. The van der Waals surface area contributed by atoms with Gasteiger partial charge in [0.2, 0.25) is 0 Å². The van der Waals surface area contributed by atoms with Crippen LogP contribution in [-0.4, -0.2) is 17.6 Å². The highest BCUT2D eigenvalue weighted by Gasteiger charge is 2.42. The van der Waals surface area contributed by atoms with Crippen molar-refractivity contribution in [1.82, 2.24) is 10.3 Å². The summed E-state index contributed by atoms with van der Waals surface area (Å²) in [6, 6.07) is 4.70. The number of pyridine rings is 1. The number of nitrogens with one attached hydrogen (secondary N) is 1. The molecule has 2 nitrogen and oxygen atoms in total. The van der Waals surface area contributed by atoms with Gasteiger partial charge in [-0.25, -0.2) is 4.98 Å². The third kappa shape index (κ3) is 1.25. The standard InChI is InChI=1S/C11H13ClN2/c12-10-4-2-8(6-14-10)11-7-1-3-9(11)13-5-7/h2,4,6-7,9,11,13H,1,3,5H2/t7-,9-,11+/m1/s1. The number of aromatic nitrogens is 1. The van der Waals surface area contributed by atoms with Gasteiger partial charge in [-0.1, -0.05) is 17.7 Å². The Balaban J connectivity index is 1.92. The van der Waals surface area contributed by atoms with Gasteiger partial charge in [-0.2, -0.15) is 0 Å². The van der Waals surface area contributed by atoms with Crippen LogP contribution in [-0.2, 0) is 0 Å². The molecule has 1 aliphatic carbocycles. The van der Waals surface area contributed by atoms with Crippen LogP contribution in [0.3, 0.4) is 0 Å². The summed E-state index contributed by atoms with van der Waals surface area (Å²) in [6.07, 6.45) is 4.62. The number of nitrogens with zero attached hydrogens (tertiary/aromatic N) is 1. The van der Waals surface area contributed by atoms with Crippen LogP contribution < -0.4 is 5.32 Å². The molecule has 2 aliphatic rings. The summed E-state index contributed by atoms with van der Waals surface area (Å²) in [6.45, 7) is 1.18. The summed E-state index contributed by atoms with van der Waals surface area (Å²) >= 11 is 5.78. The molecule has 3 heteroatoms. The summed E-state index contributed by atoms with van der Waals surface area (Å²) < 4.78 is 0. The van der Waals surface area contributed by atoms with Crippen molar-refractivity contribution < 1.29 is 0 Å². The Bertz CT molecular complexity index is 316. The maximum absolute atomic E-state index is 5.78. The van der Waals surface area contributed by atoms with E-state index in [1.807, 2.05) is 12.3 Å². The van der Waals surface area contributed by atoms with Crippen LogP contribution in [0.1, 0.15) is 24.3 Å². The van der Waals surface area contributed by atoms with Gasteiger partial charge in [0.25, 0.3) is 0 Å². The van der Waals surface area contributed by atoms with Gasteiger partial charge in [0, 0.05) is 18.2 Å². The second-order valence-corrected chi connectivity index (χ2v) is 4.68. The van der Waals surface area contributed by atoms with Crippen molar-refractivity contribution >= 4 is 11.6 Å². The fraction of sp³-hybridized carbons (Fsp3) is 0.545. The average molecular weight is 209 g/mol. The second kappa shape index (κ2) is 3.21. The van der Waals surface area contributed by atoms with E-state index in [4.69, 9.17) is 11.6 Å². The van der Waals surface area contributed by atoms with Crippen molar-refractivity contribution in [2.75, 3.05) is 6.54 Å². The number of halogens is 1. The van der Waals surface area contributed by atoms with Crippen LogP contribution >= 0.6 is 11.6 Å². The molecule has 2 heterocycles. The summed E-state index contributed by atoms with van der Waals surface area (Å²) in [7, 11) is 0. The van der Waals surface area contributed by atoms with Crippen LogP contribution in [0, 0.1) is 5.92 Å². The largest absolute Gasteiger partial charge is 0.313 e. The van der Waals surface area contributed by atoms with E-state index in [2.05, 4.69) is 16.4 Å². The zero-order valence-corrected chi connectivity index (χ0v) is 8.67. The molecule has 1 aromatic heterocycles. The Labute approximate surface area is 88.7 Å². The normalized spacial score (nSPS) is 35.1. The van der Waals surface area contributed by atoms with Gasteiger partial charge in [-0.05, 0) is 36.9 Å². The van der Waals surface area contributed by atoms with Gasteiger partial charge in [-0.15, -0.1) is 0 Å². The van der Waals surface area contributed by atoms with Gasteiger partial charge in [0.15, 0.2) is 0 Å². The van der Waals surface area contributed by atoms with E-state index in [1.54, 1.807) is 0 Å². The Hall–Kier alpha value is -0.600. The molecule has 2 bridgehead atoms. The van der Waals surface area contributed by atoms with Crippen LogP contribution in [0.25, 0.3) is 0 Å². The fourth-order valence-corrected chi connectivity index (χ4v) is 3.04. The van der Waals surface area contributed by atoms with Crippen molar-refractivity contribution in [3.63, 3.8) is 0 Å². The van der Waals surface area contributed by atoms with Crippen LogP contribution in [0.5, 0.6) is 0 Å². The molecule has 1 saturated heterocycles. The molecule has 1 aromatic rings. The van der Waals surface area contributed by atoms with Gasteiger partial charge in [0.1, 0.15) is 5.15 Å². The second-order valence-electron chi connectivity index (χ2n) is 4.29. The van der Waals surface area contributed by atoms with Crippen LogP contribution in [0.15, 0.2) is 18.3 Å². The van der Waals surface area contributed by atoms with E-state index in [1.165, 1.54) is 24.9 Å². The van der Waals surface area contributed by atoms with Crippen molar-refractivity contribution in [3.05, 3.63) is 29.0 Å². The van der Waals surface area contributed by atoms with E-state index < -0.39 is 0 Å². The molecule has 74 valence electrons. The van der Waals surface area contributed by atoms with Gasteiger partial charge in [-0.3, -0.25) is 0 Å². The predicted molar refractivity (Wildman–Crippen MR) is 56.5 cm³/mol. The Morgan fingerprint density at radius 3 is 2.79 bits per heavy atom. The lowest BCUT2D eigenvalue weighted by atomic mass is 9.91. The smallest absolute Gasteiger partial charge is 0.129 e. The summed E-state index contributed by atoms with van der Waals surface area (Å²) in [4.78, 5) is 4.16. The van der Waals surface area contributed by atoms with Crippen LogP contribution in [0.4, 0.5) is 0 Å². The molecule has 1 aliphatic heterocycles. The maximum Gasteiger partial charge on any atom is 0.129 e. The van der Waals surface area contributed by atoms with Crippen LogP contribution in [0.2, 0.25) is 5.15 Å². The third-order valence-corrected chi connectivity index (χ3v) is 3.79. The highest BCUT2D eigenvalue weighted by Crippen LogP contribution is 2.43. The molecule has 0 aromatic carbocycles. The quantitative estimate of drug-likeness (QED) is 0.716. The van der Waals surface area contributed by atoms with Gasteiger partial charge in [0.05, 0.1) is 0 Å². The molecular formula is C11H13ClN2. The monoisotopic (exact) mass is 208 g/mol. The lowest BCUT2D eigenvalue weighted by molar-refractivity contribution is 0.503. The SMILES string of the molecule is Clc1ccc([C@@H]2[C@@H]3CC[C@H]2NC3)cn1. The fourth-order valence-electron chi connectivity index (χ4n) is 2.93. The van der Waals surface area contributed by atoms with Gasteiger partial charge >= 0.3 is 0 Å². The molecule has 0 amide bonds. The Kier molecular flexibility index (Phi) is 1.99. The molecule has 0 radical (unpaired) electrons. The topological polar surface area (TPSA) is 24.9 Å². The molecule has 0 spiro atoms. The molecular weight excluding hydrogens is 196 g/mol. The highest BCUT2D eigenvalue weighted by atomic mass is 35.5. The minimum Gasteiger partial charge on any atom is -0.313 e. The molecule has 3 rings (SSSR count). The molecule has 2 fully saturated rings. The number of piperidine rings is 1. The van der Waals surface area contributed by atoms with Crippen molar-refractivity contribution in [2.24, 2.45) is 5.92 Å². The zero-order valence-electron chi connectivity index (χ0n) is 7.91. The van der Waals surface area contributed by atoms with Crippen molar-refractivity contribution in [2.45, 2.75) is 24.8 Å². The number of hydrogen-bond donors (Lipinski definition) is 1. The molecule has 3 atom stereocenters.